The van der Waals surface area contributed by atoms with E-state index in [4.69, 9.17) is 9.47 Å². The molecule has 9 heteroatoms. The fraction of sp³-hybridized carbons (Fsp3) is 0.351. The zero-order valence-corrected chi connectivity index (χ0v) is 26.4. The smallest absolute Gasteiger partial charge is 0.270 e. The monoisotopic (exact) mass is 619 g/mol. The average molecular weight is 620 g/mol. The molecule has 9 nitrogen and oxygen atoms in total. The van der Waals surface area contributed by atoms with Crippen molar-refractivity contribution in [3.63, 3.8) is 0 Å². The van der Waals surface area contributed by atoms with Crippen molar-refractivity contribution in [1.29, 1.82) is 0 Å². The van der Waals surface area contributed by atoms with Crippen LogP contribution in [0.15, 0.2) is 84.9 Å². The third-order valence-corrected chi connectivity index (χ3v) is 9.50. The second-order valence-electron chi connectivity index (χ2n) is 12.2. The maximum atomic E-state index is 14.2. The number of morpholine rings is 1. The molecule has 4 aromatic rings. The molecule has 0 atom stereocenters. The van der Waals surface area contributed by atoms with E-state index in [1.54, 1.807) is 7.11 Å². The van der Waals surface area contributed by atoms with Crippen LogP contribution in [-0.2, 0) is 17.8 Å². The topological polar surface area (TPSA) is 70.5 Å². The number of nitrogens with zero attached hydrogens (tertiary/aromatic N) is 5. The van der Waals surface area contributed by atoms with Gasteiger partial charge in [0.2, 0.25) is 0 Å². The van der Waals surface area contributed by atoms with Crippen LogP contribution >= 0.6 is 0 Å². The van der Waals surface area contributed by atoms with E-state index in [2.05, 4.69) is 14.4 Å². The third kappa shape index (κ3) is 6.18. The minimum absolute atomic E-state index is 0.0533. The summed E-state index contributed by atoms with van der Waals surface area (Å²) in [6.45, 7) is 9.76. The van der Waals surface area contributed by atoms with Crippen molar-refractivity contribution in [2.24, 2.45) is 0 Å². The minimum Gasteiger partial charge on any atom is -0.496 e. The summed E-state index contributed by atoms with van der Waals surface area (Å²) in [5.41, 5.74) is 5.98. The van der Waals surface area contributed by atoms with E-state index in [0.29, 0.717) is 43.2 Å². The van der Waals surface area contributed by atoms with Gasteiger partial charge in [-0.2, -0.15) is 0 Å². The summed E-state index contributed by atoms with van der Waals surface area (Å²) in [5.74, 6) is 0.594. The molecule has 238 valence electrons. The van der Waals surface area contributed by atoms with Crippen LogP contribution in [0.1, 0.15) is 32.1 Å². The van der Waals surface area contributed by atoms with Crippen molar-refractivity contribution in [3.8, 4) is 16.9 Å². The number of fused-ring (bicyclic) bond motifs is 2. The molecule has 2 fully saturated rings. The van der Waals surface area contributed by atoms with Gasteiger partial charge in [-0.05, 0) is 47.5 Å². The first-order valence-electron chi connectivity index (χ1n) is 16.2. The Morgan fingerprint density at radius 1 is 0.739 bits per heavy atom. The molecule has 2 amide bonds. The molecule has 0 spiro atoms. The maximum Gasteiger partial charge on any atom is 0.270 e. The molecule has 0 aliphatic carbocycles. The van der Waals surface area contributed by atoms with E-state index in [-0.39, 0.29) is 11.8 Å². The Kier molecular flexibility index (Phi) is 8.87. The van der Waals surface area contributed by atoms with Crippen molar-refractivity contribution in [1.82, 2.24) is 19.3 Å². The Bertz CT molecular complexity index is 1690. The zero-order valence-electron chi connectivity index (χ0n) is 26.4. The number of hydrogen-bond acceptors (Lipinski definition) is 6. The predicted octanol–water partition coefficient (Wildman–Crippen LogP) is 4.46. The van der Waals surface area contributed by atoms with Crippen LogP contribution in [0.3, 0.4) is 0 Å². The van der Waals surface area contributed by atoms with Crippen LogP contribution in [0.4, 0.5) is 5.69 Å². The number of carbonyl (C=O) groups is 2. The first kappa shape index (κ1) is 30.2. The summed E-state index contributed by atoms with van der Waals surface area (Å²) in [6, 6.07) is 27.6. The maximum absolute atomic E-state index is 14.2. The highest BCUT2D eigenvalue weighted by Crippen LogP contribution is 2.34. The Hall–Kier alpha value is -4.44. The Labute approximate surface area is 270 Å². The fourth-order valence-electron chi connectivity index (χ4n) is 6.81. The number of rotatable bonds is 7. The summed E-state index contributed by atoms with van der Waals surface area (Å²) >= 11 is 0. The summed E-state index contributed by atoms with van der Waals surface area (Å²) in [5, 5.41) is 0. The molecule has 0 unspecified atom stereocenters. The molecule has 0 saturated carbocycles. The number of anilines is 1. The minimum atomic E-state index is -0.110. The highest BCUT2D eigenvalue weighted by atomic mass is 16.5. The number of aromatic nitrogens is 1. The standard InChI is InChI=1S/C37H41N5O4/c1-45-35-25-29(11-13-32(35)28-7-3-2-4-8-28)36(43)42-27-31-12-14-34(41(31)26-30-9-5-6-10-33(30)42)37(44)40-19-17-38(18-20-40)15-16-39-21-23-46-24-22-39/h2-14,25H,15-24,26-27H2,1H3. The number of para-hydroxylation sites is 1. The molecule has 3 aliphatic rings. The van der Waals surface area contributed by atoms with Gasteiger partial charge in [-0.1, -0.05) is 48.5 Å². The van der Waals surface area contributed by atoms with Gasteiger partial charge in [-0.15, -0.1) is 0 Å². The predicted molar refractivity (Wildman–Crippen MR) is 179 cm³/mol. The van der Waals surface area contributed by atoms with Gasteiger partial charge in [0.15, 0.2) is 0 Å². The van der Waals surface area contributed by atoms with Crippen molar-refractivity contribution in [2.75, 3.05) is 77.6 Å². The number of ether oxygens (including phenoxy) is 2. The largest absolute Gasteiger partial charge is 0.496 e. The molecule has 2 saturated heterocycles. The number of hydrogen-bond donors (Lipinski definition) is 0. The summed E-state index contributed by atoms with van der Waals surface area (Å²) in [7, 11) is 1.63. The molecular weight excluding hydrogens is 578 g/mol. The molecule has 0 bridgehead atoms. The number of amides is 2. The van der Waals surface area contributed by atoms with Gasteiger partial charge >= 0.3 is 0 Å². The van der Waals surface area contributed by atoms with E-state index >= 15 is 0 Å². The molecule has 1 aromatic heterocycles. The normalized spacial score (nSPS) is 17.2. The van der Waals surface area contributed by atoms with E-state index in [0.717, 1.165) is 80.6 Å². The van der Waals surface area contributed by atoms with Gasteiger partial charge in [0.1, 0.15) is 11.4 Å². The quantitative estimate of drug-likeness (QED) is 0.304. The number of methoxy groups -OCH3 is 1. The Balaban J connectivity index is 1.09. The number of piperazine rings is 1. The van der Waals surface area contributed by atoms with Gasteiger partial charge in [0.05, 0.1) is 33.4 Å². The van der Waals surface area contributed by atoms with E-state index in [9.17, 15) is 9.59 Å². The van der Waals surface area contributed by atoms with Crippen LogP contribution in [-0.4, -0.2) is 104 Å². The first-order chi connectivity index (χ1) is 22.6. The van der Waals surface area contributed by atoms with Gasteiger partial charge in [-0.3, -0.25) is 19.4 Å². The molecular formula is C37H41N5O4. The van der Waals surface area contributed by atoms with Crippen LogP contribution in [0.5, 0.6) is 5.75 Å². The SMILES string of the molecule is COc1cc(C(=O)N2Cc3ccc(C(=O)N4CCN(CCN5CCOCC5)CC4)n3Cc3ccccc32)ccc1-c1ccccc1. The highest BCUT2D eigenvalue weighted by Gasteiger charge is 2.30. The Morgan fingerprint density at radius 3 is 2.22 bits per heavy atom. The molecule has 7 rings (SSSR count). The second-order valence-corrected chi connectivity index (χ2v) is 12.2. The molecule has 46 heavy (non-hydrogen) atoms. The number of carbonyl (C=O) groups excluding carboxylic acids is 2. The van der Waals surface area contributed by atoms with Crippen molar-refractivity contribution < 1.29 is 19.1 Å². The second kappa shape index (κ2) is 13.5. The molecule has 0 N–H and O–H groups in total. The first-order valence-corrected chi connectivity index (χ1v) is 16.2. The lowest BCUT2D eigenvalue weighted by atomic mass is 10.0. The highest BCUT2D eigenvalue weighted by molar-refractivity contribution is 6.07. The Morgan fingerprint density at radius 2 is 1.46 bits per heavy atom. The molecule has 0 radical (unpaired) electrons. The van der Waals surface area contributed by atoms with Gasteiger partial charge in [-0.25, -0.2) is 0 Å². The van der Waals surface area contributed by atoms with Crippen molar-refractivity contribution >= 4 is 17.5 Å². The van der Waals surface area contributed by atoms with Crippen LogP contribution in [0.25, 0.3) is 11.1 Å². The molecule has 3 aliphatic heterocycles. The molecule has 3 aromatic carbocycles. The van der Waals surface area contributed by atoms with E-state index in [1.165, 1.54) is 0 Å². The number of benzene rings is 3. The van der Waals surface area contributed by atoms with Crippen molar-refractivity contribution in [3.05, 3.63) is 107 Å². The summed E-state index contributed by atoms with van der Waals surface area (Å²) in [4.78, 5) is 36.8. The van der Waals surface area contributed by atoms with Crippen molar-refractivity contribution in [2.45, 2.75) is 13.1 Å². The molecule has 4 heterocycles. The van der Waals surface area contributed by atoms with E-state index in [1.807, 2.05) is 94.7 Å². The lowest BCUT2D eigenvalue weighted by Crippen LogP contribution is -2.51. The average Bonchev–Trinajstić information content (AvgIpc) is 3.43. The summed E-state index contributed by atoms with van der Waals surface area (Å²) in [6.07, 6.45) is 0. The van der Waals surface area contributed by atoms with Gasteiger partial charge < -0.3 is 23.8 Å². The van der Waals surface area contributed by atoms with E-state index < -0.39 is 0 Å². The zero-order chi connectivity index (χ0) is 31.5. The lowest BCUT2D eigenvalue weighted by molar-refractivity contribution is 0.0292. The summed E-state index contributed by atoms with van der Waals surface area (Å²) < 4.78 is 13.3. The fourth-order valence-corrected chi connectivity index (χ4v) is 6.81. The van der Waals surface area contributed by atoms with Gasteiger partial charge in [0, 0.05) is 74.9 Å². The third-order valence-electron chi connectivity index (χ3n) is 9.50. The van der Waals surface area contributed by atoms with Crippen LogP contribution in [0, 0.1) is 0 Å². The van der Waals surface area contributed by atoms with Crippen LogP contribution in [0.2, 0.25) is 0 Å². The van der Waals surface area contributed by atoms with Gasteiger partial charge in [0.25, 0.3) is 11.8 Å². The van der Waals surface area contributed by atoms with Crippen LogP contribution < -0.4 is 9.64 Å². The lowest BCUT2D eigenvalue weighted by Gasteiger charge is -2.36.